The second-order valence-corrected chi connectivity index (χ2v) is 6.94. The van der Waals surface area contributed by atoms with Gasteiger partial charge in [0.1, 0.15) is 12.4 Å². The molecule has 0 aliphatic carbocycles. The van der Waals surface area contributed by atoms with Gasteiger partial charge in [-0.1, -0.05) is 11.6 Å². The van der Waals surface area contributed by atoms with Crippen molar-refractivity contribution in [3.63, 3.8) is 0 Å². The summed E-state index contributed by atoms with van der Waals surface area (Å²) in [7, 11) is 2.09. The smallest absolute Gasteiger partial charge is 0.471 e. The molecular formula is C20H22F3NO6. The zero-order valence-electron chi connectivity index (χ0n) is 17.1. The van der Waals surface area contributed by atoms with Crippen LogP contribution in [0.2, 0.25) is 0 Å². The minimum Gasteiger partial charge on any atom is -0.496 e. The molecule has 1 aromatic carbocycles. The van der Waals surface area contributed by atoms with E-state index >= 15 is 0 Å². The highest BCUT2D eigenvalue weighted by Gasteiger charge is 2.46. The Balaban J connectivity index is 2.96. The second kappa shape index (κ2) is 8.37. The van der Waals surface area contributed by atoms with Crippen LogP contribution in [-0.2, 0) is 20.9 Å². The zero-order chi connectivity index (χ0) is 23.0. The summed E-state index contributed by atoms with van der Waals surface area (Å²) in [6, 6.07) is 0. The molecular weight excluding hydrogens is 407 g/mol. The molecule has 1 N–H and O–H groups in total. The molecule has 1 amide bonds. The molecule has 164 valence electrons. The first-order valence-corrected chi connectivity index (χ1v) is 8.96. The lowest BCUT2D eigenvalue weighted by atomic mass is 9.85. The van der Waals surface area contributed by atoms with E-state index in [1.165, 1.54) is 7.11 Å². The number of ether oxygens (including phenoxy) is 2. The number of carbonyl (C=O) groups is 3. The third-order valence-electron chi connectivity index (χ3n) is 5.14. The maximum absolute atomic E-state index is 13.2. The minimum absolute atomic E-state index is 0.000164. The Morgan fingerprint density at radius 2 is 1.97 bits per heavy atom. The van der Waals surface area contributed by atoms with E-state index in [9.17, 15) is 32.7 Å². The number of rotatable bonds is 6. The fourth-order valence-corrected chi connectivity index (χ4v) is 3.50. The molecule has 1 heterocycles. The number of carbonyl (C=O) groups excluding carboxylic acids is 2. The molecule has 0 bridgehead atoms. The summed E-state index contributed by atoms with van der Waals surface area (Å²) >= 11 is 0. The van der Waals surface area contributed by atoms with Gasteiger partial charge in [-0.3, -0.25) is 9.59 Å². The van der Waals surface area contributed by atoms with Gasteiger partial charge in [0.2, 0.25) is 0 Å². The largest absolute Gasteiger partial charge is 0.496 e. The molecule has 1 atom stereocenters. The molecule has 1 aliphatic heterocycles. The molecule has 0 aromatic heterocycles. The summed E-state index contributed by atoms with van der Waals surface area (Å²) in [5, 5.41) is 9.88. The average molecular weight is 429 g/mol. The number of cyclic esters (lactones) is 1. The molecule has 0 spiro atoms. The molecule has 1 aromatic rings. The van der Waals surface area contributed by atoms with Gasteiger partial charge in [-0.2, -0.15) is 13.2 Å². The number of nitrogens with zero attached hydrogens (tertiary/aromatic N) is 1. The van der Waals surface area contributed by atoms with Crippen molar-refractivity contribution in [2.75, 3.05) is 19.1 Å². The standard InChI is InChI=1S/C20H22F3NO6/c1-6-9(2)7-11(17(25)26)13-15(24(4)19(28)20(21,22)23)14-12(8-30-18(14)27)10(3)16(13)29-5/h6,11H,7-8H2,1-5H3,(H,25,26)/b9-6+. The number of anilines is 1. The van der Waals surface area contributed by atoms with Crippen molar-refractivity contribution in [3.05, 3.63) is 33.9 Å². The van der Waals surface area contributed by atoms with Crippen molar-refractivity contribution in [1.82, 2.24) is 0 Å². The van der Waals surface area contributed by atoms with Gasteiger partial charge < -0.3 is 19.5 Å². The summed E-state index contributed by atoms with van der Waals surface area (Å²) in [5.74, 6) is -5.88. The summed E-state index contributed by atoms with van der Waals surface area (Å²) in [6.07, 6.45) is -3.63. The molecule has 2 rings (SSSR count). The van der Waals surface area contributed by atoms with Crippen LogP contribution in [0.3, 0.4) is 0 Å². The number of fused-ring (bicyclic) bond motifs is 1. The van der Waals surface area contributed by atoms with E-state index in [-0.39, 0.29) is 40.4 Å². The van der Waals surface area contributed by atoms with E-state index in [0.29, 0.717) is 11.1 Å². The number of alkyl halides is 3. The number of esters is 1. The van der Waals surface area contributed by atoms with Crippen molar-refractivity contribution in [2.24, 2.45) is 0 Å². The third kappa shape index (κ3) is 3.99. The minimum atomic E-state index is -5.24. The van der Waals surface area contributed by atoms with Gasteiger partial charge in [0.05, 0.1) is 24.3 Å². The lowest BCUT2D eigenvalue weighted by Crippen LogP contribution is -2.40. The van der Waals surface area contributed by atoms with E-state index in [4.69, 9.17) is 9.47 Å². The number of halogens is 3. The number of carboxylic acid groups (broad SMARTS) is 1. The predicted octanol–water partition coefficient (Wildman–Crippen LogP) is 3.72. The highest BCUT2D eigenvalue weighted by Crippen LogP contribution is 2.47. The number of allylic oxidation sites excluding steroid dienone is 2. The lowest BCUT2D eigenvalue weighted by Gasteiger charge is -2.29. The van der Waals surface area contributed by atoms with Crippen LogP contribution < -0.4 is 9.64 Å². The van der Waals surface area contributed by atoms with Crippen LogP contribution in [0.4, 0.5) is 18.9 Å². The fraction of sp³-hybridized carbons (Fsp3) is 0.450. The molecule has 1 unspecified atom stereocenters. The maximum atomic E-state index is 13.2. The number of amides is 1. The van der Waals surface area contributed by atoms with Gasteiger partial charge in [0.15, 0.2) is 0 Å². The molecule has 0 fully saturated rings. The first-order valence-electron chi connectivity index (χ1n) is 8.96. The molecule has 0 radical (unpaired) electrons. The van der Waals surface area contributed by atoms with E-state index < -0.39 is 35.6 Å². The highest BCUT2D eigenvalue weighted by atomic mass is 19.4. The van der Waals surface area contributed by atoms with Crippen molar-refractivity contribution in [1.29, 1.82) is 0 Å². The van der Waals surface area contributed by atoms with Gasteiger partial charge in [0.25, 0.3) is 0 Å². The normalized spacial score (nSPS) is 14.8. The van der Waals surface area contributed by atoms with Gasteiger partial charge in [-0.15, -0.1) is 0 Å². The zero-order valence-corrected chi connectivity index (χ0v) is 17.1. The Bertz CT molecular complexity index is 936. The summed E-state index contributed by atoms with van der Waals surface area (Å²) in [4.78, 5) is 36.8. The number of aliphatic carboxylic acids is 1. The van der Waals surface area contributed by atoms with Gasteiger partial charge >= 0.3 is 24.0 Å². The summed E-state index contributed by atoms with van der Waals surface area (Å²) in [6.45, 7) is 4.70. The second-order valence-electron chi connectivity index (χ2n) is 6.94. The van der Waals surface area contributed by atoms with E-state index in [0.717, 1.165) is 7.05 Å². The number of hydrogen-bond donors (Lipinski definition) is 1. The SMILES string of the molecule is C/C=C(\C)CC(C(=O)O)c1c(OC)c(C)c2c(c1N(C)C(=O)C(F)(F)F)C(=O)OC2. The quantitative estimate of drug-likeness (QED) is 0.547. The number of carboxylic acids is 1. The van der Waals surface area contributed by atoms with E-state index in [2.05, 4.69) is 0 Å². The average Bonchev–Trinajstić information content (AvgIpc) is 3.05. The molecule has 10 heteroatoms. The number of benzene rings is 1. The van der Waals surface area contributed by atoms with Crippen molar-refractivity contribution >= 4 is 23.5 Å². The van der Waals surface area contributed by atoms with Crippen LogP contribution in [0.5, 0.6) is 5.75 Å². The van der Waals surface area contributed by atoms with Crippen molar-refractivity contribution in [3.8, 4) is 5.75 Å². The summed E-state index contributed by atoms with van der Waals surface area (Å²) < 4.78 is 49.9. The molecule has 7 nitrogen and oxygen atoms in total. The molecule has 30 heavy (non-hydrogen) atoms. The number of hydrogen-bond acceptors (Lipinski definition) is 5. The Morgan fingerprint density at radius 1 is 1.37 bits per heavy atom. The van der Waals surface area contributed by atoms with Crippen LogP contribution in [-0.4, -0.2) is 43.3 Å². The van der Waals surface area contributed by atoms with Crippen LogP contribution >= 0.6 is 0 Å². The summed E-state index contributed by atoms with van der Waals surface area (Å²) in [5.41, 5.74) is 0.377. The van der Waals surface area contributed by atoms with Crippen molar-refractivity contribution in [2.45, 2.75) is 45.9 Å². The first-order chi connectivity index (χ1) is 13.9. The Hall–Kier alpha value is -3.04. The third-order valence-corrected chi connectivity index (χ3v) is 5.14. The van der Waals surface area contributed by atoms with Gasteiger partial charge in [0, 0.05) is 18.2 Å². The lowest BCUT2D eigenvalue weighted by molar-refractivity contribution is -0.170. The molecule has 0 saturated heterocycles. The fourth-order valence-electron chi connectivity index (χ4n) is 3.50. The Labute approximate surface area is 171 Å². The van der Waals surface area contributed by atoms with E-state index in [1.807, 2.05) is 0 Å². The molecule has 0 saturated carbocycles. The van der Waals surface area contributed by atoms with Crippen LogP contribution in [0, 0.1) is 6.92 Å². The van der Waals surface area contributed by atoms with Crippen LogP contribution in [0.15, 0.2) is 11.6 Å². The van der Waals surface area contributed by atoms with Gasteiger partial charge in [-0.05, 0) is 32.8 Å². The van der Waals surface area contributed by atoms with Crippen LogP contribution in [0.25, 0.3) is 0 Å². The Morgan fingerprint density at radius 3 is 2.43 bits per heavy atom. The van der Waals surface area contributed by atoms with E-state index in [1.54, 1.807) is 26.8 Å². The number of methoxy groups -OCH3 is 1. The maximum Gasteiger partial charge on any atom is 0.471 e. The highest BCUT2D eigenvalue weighted by molar-refractivity contribution is 6.08. The topological polar surface area (TPSA) is 93.1 Å². The monoisotopic (exact) mass is 429 g/mol. The van der Waals surface area contributed by atoms with Crippen molar-refractivity contribution < 1.29 is 42.1 Å². The van der Waals surface area contributed by atoms with Gasteiger partial charge in [-0.25, -0.2) is 4.79 Å². The molecule has 1 aliphatic rings. The van der Waals surface area contributed by atoms with Crippen LogP contribution in [0.1, 0.15) is 53.2 Å². The first kappa shape index (κ1) is 23.2. The Kier molecular flexibility index (Phi) is 6.48. The predicted molar refractivity (Wildman–Crippen MR) is 101 cm³/mol.